The Bertz CT molecular complexity index is 361. The predicted molar refractivity (Wildman–Crippen MR) is 61.9 cm³/mol. The molecule has 16 heavy (non-hydrogen) atoms. The number of aryl methyl sites for hydroxylation is 1. The van der Waals surface area contributed by atoms with E-state index < -0.39 is 0 Å². The van der Waals surface area contributed by atoms with Crippen LogP contribution < -0.4 is 5.32 Å². The molecule has 0 spiro atoms. The number of hydrogen-bond donors (Lipinski definition) is 1. The van der Waals surface area contributed by atoms with Crippen molar-refractivity contribution in [2.45, 2.75) is 25.5 Å². The molecule has 0 radical (unpaired) electrons. The molecule has 0 aliphatic carbocycles. The van der Waals surface area contributed by atoms with E-state index in [1.807, 2.05) is 12.5 Å². The van der Waals surface area contributed by atoms with E-state index in [4.69, 9.17) is 11.2 Å². The summed E-state index contributed by atoms with van der Waals surface area (Å²) in [6.07, 6.45) is 10.9. The number of rotatable bonds is 4. The minimum atomic E-state index is 0.127. The highest BCUT2D eigenvalue weighted by molar-refractivity contribution is 5.04. The Kier molecular flexibility index (Phi) is 3.97. The Morgan fingerprint density at radius 2 is 2.62 bits per heavy atom. The smallest absolute Gasteiger partial charge is 0.111 e. The molecule has 1 fully saturated rings. The minimum absolute atomic E-state index is 0.127. The van der Waals surface area contributed by atoms with Crippen LogP contribution in [0.4, 0.5) is 0 Å². The summed E-state index contributed by atoms with van der Waals surface area (Å²) >= 11 is 0. The first kappa shape index (κ1) is 11.2. The van der Waals surface area contributed by atoms with Gasteiger partial charge >= 0.3 is 0 Å². The molecule has 1 aliphatic heterocycles. The van der Waals surface area contributed by atoms with Crippen LogP contribution in [0.1, 0.15) is 24.6 Å². The van der Waals surface area contributed by atoms with Crippen molar-refractivity contribution < 1.29 is 4.74 Å². The van der Waals surface area contributed by atoms with Gasteiger partial charge in [0.1, 0.15) is 6.10 Å². The molecule has 1 atom stereocenters. The number of nitrogens with one attached hydrogen (secondary N) is 1. The molecule has 0 bridgehead atoms. The van der Waals surface area contributed by atoms with Crippen molar-refractivity contribution in [1.29, 1.82) is 0 Å². The number of ether oxygens (including phenoxy) is 1. The predicted octanol–water partition coefficient (Wildman–Crippen LogP) is 0.957. The number of unbranched alkanes of at least 4 members (excludes halogenated alkanes) is 1. The average Bonchev–Trinajstić information content (AvgIpc) is 2.79. The molecule has 1 saturated heterocycles. The number of imidazole rings is 1. The molecule has 1 N–H and O–H groups in total. The summed E-state index contributed by atoms with van der Waals surface area (Å²) in [5.74, 6) is 2.65. The topological polar surface area (TPSA) is 39.1 Å². The molecule has 1 unspecified atom stereocenters. The van der Waals surface area contributed by atoms with Gasteiger partial charge in [-0.25, -0.2) is 4.98 Å². The maximum Gasteiger partial charge on any atom is 0.111 e. The van der Waals surface area contributed by atoms with Crippen LogP contribution in [0, 0.1) is 12.3 Å². The Morgan fingerprint density at radius 1 is 1.69 bits per heavy atom. The van der Waals surface area contributed by atoms with Crippen LogP contribution in [0.5, 0.6) is 0 Å². The van der Waals surface area contributed by atoms with E-state index in [-0.39, 0.29) is 6.10 Å². The SMILES string of the molecule is C#CCCCn1cncc1C1CNCCO1. The summed E-state index contributed by atoms with van der Waals surface area (Å²) in [6, 6.07) is 0. The first-order valence-electron chi connectivity index (χ1n) is 5.67. The lowest BCUT2D eigenvalue weighted by Crippen LogP contribution is -2.34. The molecular weight excluding hydrogens is 202 g/mol. The average molecular weight is 219 g/mol. The second-order valence-corrected chi connectivity index (χ2v) is 3.88. The van der Waals surface area contributed by atoms with E-state index in [1.54, 1.807) is 0 Å². The van der Waals surface area contributed by atoms with Gasteiger partial charge in [-0.15, -0.1) is 12.3 Å². The third-order valence-corrected chi connectivity index (χ3v) is 2.72. The highest BCUT2D eigenvalue weighted by Gasteiger charge is 2.18. The first-order chi connectivity index (χ1) is 7.92. The summed E-state index contributed by atoms with van der Waals surface area (Å²) in [6.45, 7) is 3.47. The molecule has 0 aromatic carbocycles. The fourth-order valence-corrected chi connectivity index (χ4v) is 1.89. The van der Waals surface area contributed by atoms with Crippen LogP contribution in [0.15, 0.2) is 12.5 Å². The molecule has 1 aromatic rings. The molecule has 1 aromatic heterocycles. The van der Waals surface area contributed by atoms with Crippen molar-refractivity contribution in [3.8, 4) is 12.3 Å². The van der Waals surface area contributed by atoms with Crippen LogP contribution in [-0.4, -0.2) is 29.2 Å². The Labute approximate surface area is 96.0 Å². The normalized spacial score (nSPS) is 20.6. The van der Waals surface area contributed by atoms with Crippen molar-refractivity contribution in [3.05, 3.63) is 18.2 Å². The van der Waals surface area contributed by atoms with E-state index in [1.165, 1.54) is 0 Å². The molecule has 0 amide bonds. The highest BCUT2D eigenvalue weighted by Crippen LogP contribution is 2.18. The molecule has 2 rings (SSSR count). The summed E-state index contributed by atoms with van der Waals surface area (Å²) in [4.78, 5) is 4.18. The standard InChI is InChI=1S/C12H17N3O/c1-2-3-4-6-15-10-14-8-11(15)12-9-13-5-7-16-12/h1,8,10,12-13H,3-7,9H2. The zero-order chi connectivity index (χ0) is 11.2. The van der Waals surface area contributed by atoms with Gasteiger partial charge in [-0.1, -0.05) is 0 Å². The second-order valence-electron chi connectivity index (χ2n) is 3.88. The fraction of sp³-hybridized carbons (Fsp3) is 0.583. The summed E-state index contributed by atoms with van der Waals surface area (Å²) in [7, 11) is 0. The molecule has 4 nitrogen and oxygen atoms in total. The van der Waals surface area contributed by atoms with Gasteiger partial charge in [0.15, 0.2) is 0 Å². The van der Waals surface area contributed by atoms with Crippen molar-refractivity contribution in [1.82, 2.24) is 14.9 Å². The summed E-state index contributed by atoms with van der Waals surface area (Å²) < 4.78 is 7.84. The highest BCUT2D eigenvalue weighted by atomic mass is 16.5. The number of hydrogen-bond acceptors (Lipinski definition) is 3. The maximum atomic E-state index is 5.71. The number of aromatic nitrogens is 2. The zero-order valence-electron chi connectivity index (χ0n) is 9.35. The van der Waals surface area contributed by atoms with E-state index >= 15 is 0 Å². The van der Waals surface area contributed by atoms with Crippen LogP contribution in [0.3, 0.4) is 0 Å². The first-order valence-corrected chi connectivity index (χ1v) is 5.67. The Hall–Kier alpha value is -1.31. The largest absolute Gasteiger partial charge is 0.369 e. The van der Waals surface area contributed by atoms with E-state index in [0.29, 0.717) is 0 Å². The Morgan fingerprint density at radius 3 is 3.38 bits per heavy atom. The minimum Gasteiger partial charge on any atom is -0.369 e. The van der Waals surface area contributed by atoms with Crippen molar-refractivity contribution >= 4 is 0 Å². The quantitative estimate of drug-likeness (QED) is 0.605. The molecular formula is C12H17N3O. The number of terminal acetylenes is 1. The van der Waals surface area contributed by atoms with Gasteiger partial charge < -0.3 is 14.6 Å². The van der Waals surface area contributed by atoms with Crippen molar-refractivity contribution in [2.24, 2.45) is 0 Å². The molecule has 4 heteroatoms. The zero-order valence-corrected chi connectivity index (χ0v) is 9.35. The van der Waals surface area contributed by atoms with Crippen molar-refractivity contribution in [2.75, 3.05) is 19.7 Å². The van der Waals surface area contributed by atoms with Gasteiger partial charge in [-0.3, -0.25) is 0 Å². The number of morpholine rings is 1. The molecule has 1 aliphatic rings. The van der Waals surface area contributed by atoms with Crippen LogP contribution >= 0.6 is 0 Å². The maximum absolute atomic E-state index is 5.71. The van der Waals surface area contributed by atoms with Crippen molar-refractivity contribution in [3.63, 3.8) is 0 Å². The number of nitrogens with zero attached hydrogens (tertiary/aromatic N) is 2. The summed E-state index contributed by atoms with van der Waals surface area (Å²) in [5, 5.41) is 3.32. The molecule has 0 saturated carbocycles. The summed E-state index contributed by atoms with van der Waals surface area (Å²) in [5.41, 5.74) is 1.14. The second kappa shape index (κ2) is 5.69. The van der Waals surface area contributed by atoms with Gasteiger partial charge in [0, 0.05) is 26.1 Å². The Balaban J connectivity index is 1.97. The van der Waals surface area contributed by atoms with Crippen LogP contribution in [-0.2, 0) is 11.3 Å². The lowest BCUT2D eigenvalue weighted by Gasteiger charge is -2.24. The van der Waals surface area contributed by atoms with E-state index in [9.17, 15) is 0 Å². The monoisotopic (exact) mass is 219 g/mol. The van der Waals surface area contributed by atoms with Crippen LogP contribution in [0.2, 0.25) is 0 Å². The lowest BCUT2D eigenvalue weighted by atomic mass is 10.2. The molecule has 86 valence electrons. The molecule has 2 heterocycles. The lowest BCUT2D eigenvalue weighted by molar-refractivity contribution is 0.0227. The van der Waals surface area contributed by atoms with E-state index in [2.05, 4.69) is 20.8 Å². The van der Waals surface area contributed by atoms with Gasteiger partial charge in [0.05, 0.1) is 24.8 Å². The van der Waals surface area contributed by atoms with Gasteiger partial charge in [0.25, 0.3) is 0 Å². The van der Waals surface area contributed by atoms with E-state index in [0.717, 1.165) is 44.8 Å². The van der Waals surface area contributed by atoms with Crippen LogP contribution in [0.25, 0.3) is 0 Å². The fourth-order valence-electron chi connectivity index (χ4n) is 1.89. The third-order valence-electron chi connectivity index (χ3n) is 2.72. The third kappa shape index (κ3) is 2.63. The van der Waals surface area contributed by atoms with Gasteiger partial charge in [-0.2, -0.15) is 0 Å². The van der Waals surface area contributed by atoms with Gasteiger partial charge in [-0.05, 0) is 6.42 Å². The van der Waals surface area contributed by atoms with Gasteiger partial charge in [0.2, 0.25) is 0 Å².